The Bertz CT molecular complexity index is 931. The summed E-state index contributed by atoms with van der Waals surface area (Å²) >= 11 is 0. The minimum absolute atomic E-state index is 0.000407. The molecule has 2 atom stereocenters. The molecule has 0 aromatic heterocycles. The molecule has 170 valence electrons. The molecule has 0 N–H and O–H groups in total. The molecule has 32 heavy (non-hydrogen) atoms. The lowest BCUT2D eigenvalue weighted by Crippen LogP contribution is -2.50. The summed E-state index contributed by atoms with van der Waals surface area (Å²) in [6.45, 7) is 1.30. The van der Waals surface area contributed by atoms with Crippen molar-refractivity contribution in [3.8, 4) is 5.75 Å². The highest BCUT2D eigenvalue weighted by atomic mass is 16.5. The Hall–Kier alpha value is -3.02. The van der Waals surface area contributed by atoms with Crippen LogP contribution in [0.4, 0.5) is 5.69 Å². The van der Waals surface area contributed by atoms with Crippen molar-refractivity contribution in [3.63, 3.8) is 0 Å². The van der Waals surface area contributed by atoms with Crippen LogP contribution in [-0.4, -0.2) is 60.9 Å². The van der Waals surface area contributed by atoms with Gasteiger partial charge in [0.25, 0.3) is 5.91 Å². The third kappa shape index (κ3) is 5.06. The van der Waals surface area contributed by atoms with E-state index in [1.165, 1.54) is 0 Å². The Morgan fingerprint density at radius 3 is 2.62 bits per heavy atom. The van der Waals surface area contributed by atoms with E-state index in [2.05, 4.69) is 12.1 Å². The number of amides is 2. The van der Waals surface area contributed by atoms with Crippen LogP contribution in [0.25, 0.3) is 0 Å². The third-order valence-corrected chi connectivity index (χ3v) is 6.58. The second kappa shape index (κ2) is 10.1. The first-order chi connectivity index (χ1) is 15.5. The van der Waals surface area contributed by atoms with Crippen molar-refractivity contribution in [1.82, 2.24) is 9.80 Å². The Morgan fingerprint density at radius 2 is 1.84 bits per heavy atom. The molecule has 2 fully saturated rings. The summed E-state index contributed by atoms with van der Waals surface area (Å²) in [7, 11) is 3.96. The molecule has 0 radical (unpaired) electrons. The fourth-order valence-electron chi connectivity index (χ4n) is 4.88. The average Bonchev–Trinajstić information content (AvgIpc) is 3.21. The topological polar surface area (TPSA) is 53.1 Å². The number of fused-ring (bicyclic) bond motifs is 1. The minimum Gasteiger partial charge on any atom is -0.484 e. The maximum atomic E-state index is 13.1. The van der Waals surface area contributed by atoms with E-state index in [4.69, 9.17) is 4.74 Å². The molecule has 2 amide bonds. The van der Waals surface area contributed by atoms with Crippen LogP contribution in [0.15, 0.2) is 54.6 Å². The number of ether oxygens (including phenoxy) is 1. The molecule has 2 heterocycles. The molecular formula is C26H33N3O3. The molecule has 2 saturated heterocycles. The predicted molar refractivity (Wildman–Crippen MR) is 126 cm³/mol. The summed E-state index contributed by atoms with van der Waals surface area (Å²) in [6, 6.07) is 18.0. The molecule has 4 rings (SSSR count). The van der Waals surface area contributed by atoms with Crippen LogP contribution in [0.1, 0.15) is 37.7 Å². The van der Waals surface area contributed by atoms with Crippen LogP contribution in [-0.2, 0) is 16.1 Å². The van der Waals surface area contributed by atoms with Gasteiger partial charge in [0.1, 0.15) is 5.75 Å². The van der Waals surface area contributed by atoms with Gasteiger partial charge in [-0.3, -0.25) is 9.59 Å². The quantitative estimate of drug-likeness (QED) is 0.694. The SMILES string of the molecule is CN(C)c1cccc(OCC(=O)N2CC[C@H]3[C@H]2CCCCC(=O)N3Cc2ccccc2)c1. The highest BCUT2D eigenvalue weighted by Gasteiger charge is 2.42. The monoisotopic (exact) mass is 435 g/mol. The smallest absolute Gasteiger partial charge is 0.260 e. The van der Waals surface area contributed by atoms with Crippen LogP contribution in [0, 0.1) is 0 Å². The number of hydrogen-bond acceptors (Lipinski definition) is 4. The highest BCUT2D eigenvalue weighted by molar-refractivity contribution is 5.80. The fraction of sp³-hybridized carbons (Fsp3) is 0.462. The molecule has 6 heteroatoms. The lowest BCUT2D eigenvalue weighted by molar-refractivity contribution is -0.140. The molecule has 0 spiro atoms. The van der Waals surface area contributed by atoms with Crippen LogP contribution in [0.2, 0.25) is 0 Å². The second-order valence-corrected chi connectivity index (χ2v) is 8.94. The summed E-state index contributed by atoms with van der Waals surface area (Å²) in [6.07, 6.45) is 4.20. The van der Waals surface area contributed by atoms with Crippen LogP contribution >= 0.6 is 0 Å². The average molecular weight is 436 g/mol. The molecule has 6 nitrogen and oxygen atoms in total. The number of rotatable bonds is 6. The van der Waals surface area contributed by atoms with Crippen molar-refractivity contribution in [2.75, 3.05) is 32.1 Å². The van der Waals surface area contributed by atoms with E-state index in [1.54, 1.807) is 0 Å². The largest absolute Gasteiger partial charge is 0.484 e. The van der Waals surface area contributed by atoms with Crippen molar-refractivity contribution in [3.05, 3.63) is 60.2 Å². The number of likely N-dealkylation sites (tertiary alicyclic amines) is 2. The molecule has 2 aliphatic rings. The van der Waals surface area contributed by atoms with Gasteiger partial charge in [-0.15, -0.1) is 0 Å². The van der Waals surface area contributed by atoms with E-state index in [-0.39, 0.29) is 30.5 Å². The normalized spacial score (nSPS) is 21.0. The first-order valence-corrected chi connectivity index (χ1v) is 11.6. The summed E-state index contributed by atoms with van der Waals surface area (Å²) < 4.78 is 5.85. The molecule has 0 aliphatic carbocycles. The van der Waals surface area contributed by atoms with Crippen molar-refractivity contribution >= 4 is 17.5 Å². The lowest BCUT2D eigenvalue weighted by Gasteiger charge is -2.37. The minimum atomic E-state index is 0.000407. The first-order valence-electron chi connectivity index (χ1n) is 11.6. The molecule has 0 bridgehead atoms. The fourth-order valence-corrected chi connectivity index (χ4v) is 4.88. The van der Waals surface area contributed by atoms with Gasteiger partial charge in [0.15, 0.2) is 6.61 Å². The first kappa shape index (κ1) is 22.2. The van der Waals surface area contributed by atoms with Gasteiger partial charge < -0.3 is 19.4 Å². The van der Waals surface area contributed by atoms with E-state index in [1.807, 2.05) is 71.3 Å². The number of anilines is 1. The van der Waals surface area contributed by atoms with Crippen molar-refractivity contribution < 1.29 is 14.3 Å². The van der Waals surface area contributed by atoms with E-state index in [0.29, 0.717) is 25.3 Å². The van der Waals surface area contributed by atoms with Gasteiger partial charge in [-0.25, -0.2) is 0 Å². The van der Waals surface area contributed by atoms with Gasteiger partial charge in [-0.1, -0.05) is 42.8 Å². The van der Waals surface area contributed by atoms with Gasteiger partial charge >= 0.3 is 0 Å². The number of nitrogens with zero attached hydrogens (tertiary/aromatic N) is 3. The van der Waals surface area contributed by atoms with Crippen molar-refractivity contribution in [2.45, 2.75) is 50.7 Å². The molecule has 2 aromatic rings. The molecule has 2 aliphatic heterocycles. The zero-order chi connectivity index (χ0) is 22.5. The lowest BCUT2D eigenvalue weighted by atomic mass is 9.96. The highest BCUT2D eigenvalue weighted by Crippen LogP contribution is 2.31. The Balaban J connectivity index is 1.44. The molecule has 0 unspecified atom stereocenters. The van der Waals surface area contributed by atoms with Gasteiger partial charge in [-0.2, -0.15) is 0 Å². The number of benzene rings is 2. The van der Waals surface area contributed by atoms with Crippen LogP contribution < -0.4 is 9.64 Å². The van der Waals surface area contributed by atoms with Gasteiger partial charge in [0.2, 0.25) is 5.91 Å². The standard InChI is InChI=1S/C26H33N3O3/c1-27(2)21-11-8-12-22(17-21)32-19-26(31)28-16-15-24-23(28)13-6-7-14-25(30)29(24)18-20-9-4-3-5-10-20/h3-5,8-12,17,23-24H,6-7,13-16,18-19H2,1-2H3/t23-,24+/m1/s1. The summed E-state index contributed by atoms with van der Waals surface area (Å²) in [5.74, 6) is 0.897. The Morgan fingerprint density at radius 1 is 1.03 bits per heavy atom. The molecule has 2 aromatic carbocycles. The van der Waals surface area contributed by atoms with E-state index >= 15 is 0 Å². The van der Waals surface area contributed by atoms with Gasteiger partial charge in [0.05, 0.1) is 12.1 Å². The van der Waals surface area contributed by atoms with Crippen molar-refractivity contribution in [2.24, 2.45) is 0 Å². The maximum Gasteiger partial charge on any atom is 0.260 e. The number of hydrogen-bond donors (Lipinski definition) is 0. The van der Waals surface area contributed by atoms with Crippen LogP contribution in [0.3, 0.4) is 0 Å². The van der Waals surface area contributed by atoms with Gasteiger partial charge in [-0.05, 0) is 37.0 Å². The van der Waals surface area contributed by atoms with Crippen LogP contribution in [0.5, 0.6) is 5.75 Å². The summed E-state index contributed by atoms with van der Waals surface area (Å²) in [5, 5.41) is 0. The third-order valence-electron chi connectivity index (χ3n) is 6.58. The maximum absolute atomic E-state index is 13.1. The van der Waals surface area contributed by atoms with E-state index < -0.39 is 0 Å². The van der Waals surface area contributed by atoms with Crippen molar-refractivity contribution in [1.29, 1.82) is 0 Å². The number of carbonyl (C=O) groups excluding carboxylic acids is 2. The number of carbonyl (C=O) groups is 2. The zero-order valence-corrected chi connectivity index (χ0v) is 19.1. The van der Waals surface area contributed by atoms with Gasteiger partial charge in [0, 0.05) is 45.4 Å². The van der Waals surface area contributed by atoms with E-state index in [9.17, 15) is 9.59 Å². The Labute approximate surface area is 190 Å². The molecule has 0 saturated carbocycles. The summed E-state index contributed by atoms with van der Waals surface area (Å²) in [4.78, 5) is 32.1. The zero-order valence-electron chi connectivity index (χ0n) is 19.1. The second-order valence-electron chi connectivity index (χ2n) is 8.94. The predicted octanol–water partition coefficient (Wildman–Crippen LogP) is 3.70. The van der Waals surface area contributed by atoms with E-state index in [0.717, 1.165) is 36.9 Å². The summed E-state index contributed by atoms with van der Waals surface area (Å²) in [5.41, 5.74) is 2.17. The Kier molecular flexibility index (Phi) is 6.98. The molecular weight excluding hydrogens is 402 g/mol.